The first-order chi connectivity index (χ1) is 6.38. The molecular formula is C13H25. The molecule has 1 radical (unpaired) electrons. The minimum atomic E-state index is 1.02. The number of hydrogen-bond donors (Lipinski definition) is 0. The number of unbranched alkanes of at least 4 members (excludes halogenated alkanes) is 2. The van der Waals surface area contributed by atoms with Crippen molar-refractivity contribution >= 4 is 0 Å². The zero-order valence-corrected chi connectivity index (χ0v) is 9.44. The molecule has 0 bridgehead atoms. The van der Waals surface area contributed by atoms with Crippen molar-refractivity contribution in [2.24, 2.45) is 5.92 Å². The third-order valence-electron chi connectivity index (χ3n) is 3.39. The van der Waals surface area contributed by atoms with Gasteiger partial charge in [-0.15, -0.1) is 0 Å². The quantitative estimate of drug-likeness (QED) is 0.555. The minimum Gasteiger partial charge on any atom is -0.0654 e. The Kier molecular flexibility index (Phi) is 5.50. The fraction of sp³-hybridized carbons (Fsp3) is 0.923. The van der Waals surface area contributed by atoms with Gasteiger partial charge >= 0.3 is 0 Å². The molecule has 0 aromatic heterocycles. The van der Waals surface area contributed by atoms with E-state index < -0.39 is 0 Å². The predicted molar refractivity (Wildman–Crippen MR) is 59.6 cm³/mol. The van der Waals surface area contributed by atoms with E-state index in [1.165, 1.54) is 57.8 Å². The molecule has 1 aliphatic rings. The van der Waals surface area contributed by atoms with Crippen LogP contribution in [0, 0.1) is 11.8 Å². The molecule has 1 atom stereocenters. The first-order valence-corrected chi connectivity index (χ1v) is 6.23. The lowest BCUT2D eigenvalue weighted by Crippen LogP contribution is -2.05. The van der Waals surface area contributed by atoms with Gasteiger partial charge in [0.15, 0.2) is 0 Å². The van der Waals surface area contributed by atoms with Gasteiger partial charge in [-0.25, -0.2) is 0 Å². The summed E-state index contributed by atoms with van der Waals surface area (Å²) in [7, 11) is 0. The SMILES string of the molecule is CCCC[C]1CCCC1CCCC. The predicted octanol–water partition coefficient (Wildman–Crippen LogP) is 4.74. The third-order valence-corrected chi connectivity index (χ3v) is 3.39. The van der Waals surface area contributed by atoms with Crippen LogP contribution in [0.3, 0.4) is 0 Å². The number of rotatable bonds is 6. The first-order valence-electron chi connectivity index (χ1n) is 6.23. The molecular weight excluding hydrogens is 156 g/mol. The lowest BCUT2D eigenvalue weighted by atomic mass is 9.87. The van der Waals surface area contributed by atoms with E-state index in [9.17, 15) is 0 Å². The topological polar surface area (TPSA) is 0 Å². The summed E-state index contributed by atoms with van der Waals surface area (Å²) in [4.78, 5) is 0. The van der Waals surface area contributed by atoms with Crippen LogP contribution < -0.4 is 0 Å². The Labute approximate surface area is 84.1 Å². The highest BCUT2D eigenvalue weighted by Crippen LogP contribution is 2.39. The Morgan fingerprint density at radius 1 is 1.15 bits per heavy atom. The van der Waals surface area contributed by atoms with Crippen LogP contribution in [0.15, 0.2) is 0 Å². The highest BCUT2D eigenvalue weighted by molar-refractivity contribution is 5.00. The van der Waals surface area contributed by atoms with Crippen LogP contribution in [-0.2, 0) is 0 Å². The molecule has 0 heterocycles. The molecule has 77 valence electrons. The Balaban J connectivity index is 2.18. The van der Waals surface area contributed by atoms with Gasteiger partial charge < -0.3 is 0 Å². The normalized spacial score (nSPS) is 24.0. The average Bonchev–Trinajstić information content (AvgIpc) is 2.59. The maximum Gasteiger partial charge on any atom is -0.0210 e. The number of hydrogen-bond acceptors (Lipinski definition) is 0. The van der Waals surface area contributed by atoms with Gasteiger partial charge in [-0.3, -0.25) is 0 Å². The van der Waals surface area contributed by atoms with E-state index in [-0.39, 0.29) is 0 Å². The lowest BCUT2D eigenvalue weighted by molar-refractivity contribution is 0.477. The van der Waals surface area contributed by atoms with Crippen LogP contribution in [0.5, 0.6) is 0 Å². The highest BCUT2D eigenvalue weighted by atomic mass is 14.3. The lowest BCUT2D eigenvalue weighted by Gasteiger charge is -2.18. The van der Waals surface area contributed by atoms with Crippen molar-refractivity contribution in [3.05, 3.63) is 5.92 Å². The zero-order valence-electron chi connectivity index (χ0n) is 9.44. The molecule has 0 N–H and O–H groups in total. The standard InChI is InChI=1S/C13H25/c1-3-5-8-12-10-7-11-13(12)9-6-4-2/h12H,3-11H2,1-2H3. The van der Waals surface area contributed by atoms with Crippen LogP contribution in [0.1, 0.15) is 71.6 Å². The van der Waals surface area contributed by atoms with Crippen molar-refractivity contribution in [1.29, 1.82) is 0 Å². The van der Waals surface area contributed by atoms with Crippen molar-refractivity contribution < 1.29 is 0 Å². The van der Waals surface area contributed by atoms with Gasteiger partial charge in [0.1, 0.15) is 0 Å². The maximum absolute atomic E-state index is 2.31. The van der Waals surface area contributed by atoms with E-state index in [0.29, 0.717) is 0 Å². The molecule has 0 nitrogen and oxygen atoms in total. The smallest absolute Gasteiger partial charge is 0.0210 e. The fourth-order valence-corrected chi connectivity index (χ4v) is 2.52. The Hall–Kier alpha value is 0. The summed E-state index contributed by atoms with van der Waals surface area (Å²) in [6.07, 6.45) is 13.0. The Morgan fingerprint density at radius 3 is 2.62 bits per heavy atom. The highest BCUT2D eigenvalue weighted by Gasteiger charge is 2.26. The second-order valence-electron chi connectivity index (χ2n) is 4.49. The van der Waals surface area contributed by atoms with E-state index in [4.69, 9.17) is 0 Å². The molecule has 0 aromatic rings. The van der Waals surface area contributed by atoms with E-state index in [1.807, 2.05) is 5.92 Å². The van der Waals surface area contributed by atoms with E-state index >= 15 is 0 Å². The average molecular weight is 181 g/mol. The van der Waals surface area contributed by atoms with E-state index in [0.717, 1.165) is 5.92 Å². The van der Waals surface area contributed by atoms with Crippen LogP contribution in [0.25, 0.3) is 0 Å². The third kappa shape index (κ3) is 3.70. The summed E-state index contributed by atoms with van der Waals surface area (Å²) in [5.74, 6) is 2.93. The van der Waals surface area contributed by atoms with E-state index in [1.54, 1.807) is 0 Å². The zero-order chi connectivity index (χ0) is 9.52. The van der Waals surface area contributed by atoms with Gasteiger partial charge in [0.2, 0.25) is 0 Å². The van der Waals surface area contributed by atoms with Gasteiger partial charge in [-0.2, -0.15) is 0 Å². The molecule has 0 spiro atoms. The van der Waals surface area contributed by atoms with Gasteiger partial charge in [0.25, 0.3) is 0 Å². The van der Waals surface area contributed by atoms with Crippen molar-refractivity contribution in [1.82, 2.24) is 0 Å². The van der Waals surface area contributed by atoms with Crippen molar-refractivity contribution in [3.63, 3.8) is 0 Å². The van der Waals surface area contributed by atoms with Crippen LogP contribution >= 0.6 is 0 Å². The molecule has 1 saturated carbocycles. The van der Waals surface area contributed by atoms with Gasteiger partial charge in [0, 0.05) is 0 Å². The van der Waals surface area contributed by atoms with Crippen LogP contribution in [0.2, 0.25) is 0 Å². The second-order valence-corrected chi connectivity index (χ2v) is 4.49. The fourth-order valence-electron chi connectivity index (χ4n) is 2.52. The largest absolute Gasteiger partial charge is 0.0654 e. The molecule has 1 unspecified atom stereocenters. The summed E-state index contributed by atoms with van der Waals surface area (Å²) < 4.78 is 0. The molecule has 0 aromatic carbocycles. The molecule has 13 heavy (non-hydrogen) atoms. The summed E-state index contributed by atoms with van der Waals surface area (Å²) in [6, 6.07) is 0. The van der Waals surface area contributed by atoms with Crippen LogP contribution in [0.4, 0.5) is 0 Å². The van der Waals surface area contributed by atoms with Gasteiger partial charge in [-0.05, 0) is 37.5 Å². The van der Waals surface area contributed by atoms with Crippen molar-refractivity contribution in [2.45, 2.75) is 71.6 Å². The maximum atomic E-state index is 2.31. The Bertz CT molecular complexity index is 103. The van der Waals surface area contributed by atoms with E-state index in [2.05, 4.69) is 13.8 Å². The summed E-state index contributed by atoms with van der Waals surface area (Å²) in [5, 5.41) is 0. The summed E-state index contributed by atoms with van der Waals surface area (Å²) in [5.41, 5.74) is 0. The molecule has 1 fully saturated rings. The molecule has 1 rings (SSSR count). The van der Waals surface area contributed by atoms with Crippen molar-refractivity contribution in [2.75, 3.05) is 0 Å². The Morgan fingerprint density at radius 2 is 1.92 bits per heavy atom. The summed E-state index contributed by atoms with van der Waals surface area (Å²) in [6.45, 7) is 4.61. The second kappa shape index (κ2) is 6.45. The monoisotopic (exact) mass is 181 g/mol. The van der Waals surface area contributed by atoms with Crippen molar-refractivity contribution in [3.8, 4) is 0 Å². The van der Waals surface area contributed by atoms with Gasteiger partial charge in [0.05, 0.1) is 0 Å². The molecule has 0 saturated heterocycles. The molecule has 0 aliphatic heterocycles. The molecule has 0 amide bonds. The minimum absolute atomic E-state index is 1.02. The first kappa shape index (κ1) is 11.1. The van der Waals surface area contributed by atoms with Crippen LogP contribution in [-0.4, -0.2) is 0 Å². The molecule has 1 aliphatic carbocycles. The molecule has 0 heteroatoms. The van der Waals surface area contributed by atoms with Gasteiger partial charge in [-0.1, -0.05) is 46.0 Å². The summed E-state index contributed by atoms with van der Waals surface area (Å²) >= 11 is 0.